The zero-order valence-electron chi connectivity index (χ0n) is 12.2. The van der Waals surface area contributed by atoms with Gasteiger partial charge in [-0.2, -0.15) is 0 Å². The molecular formula is C15H25NO2. The van der Waals surface area contributed by atoms with Crippen molar-refractivity contribution in [2.24, 2.45) is 0 Å². The molecule has 0 aromatic heterocycles. The van der Waals surface area contributed by atoms with E-state index in [1.165, 1.54) is 5.56 Å². The topological polar surface area (TPSA) is 21.7 Å². The predicted octanol–water partition coefficient (Wildman–Crippen LogP) is 2.98. The van der Waals surface area contributed by atoms with Crippen molar-refractivity contribution >= 4 is 0 Å². The van der Waals surface area contributed by atoms with Gasteiger partial charge in [-0.25, -0.2) is 0 Å². The highest BCUT2D eigenvalue weighted by Gasteiger charge is 2.13. The van der Waals surface area contributed by atoms with Crippen molar-refractivity contribution < 1.29 is 9.47 Å². The van der Waals surface area contributed by atoms with Gasteiger partial charge < -0.3 is 14.4 Å². The lowest BCUT2D eigenvalue weighted by atomic mass is 10.0. The highest BCUT2D eigenvalue weighted by Crippen LogP contribution is 2.26. The minimum Gasteiger partial charge on any atom is -0.497 e. The van der Waals surface area contributed by atoms with Crippen LogP contribution in [0.1, 0.15) is 26.3 Å². The molecule has 0 amide bonds. The van der Waals surface area contributed by atoms with Crippen molar-refractivity contribution in [3.05, 3.63) is 23.8 Å². The summed E-state index contributed by atoms with van der Waals surface area (Å²) in [4.78, 5) is 2.45. The second-order valence-electron chi connectivity index (χ2n) is 4.45. The molecule has 3 nitrogen and oxygen atoms in total. The van der Waals surface area contributed by atoms with E-state index in [0.717, 1.165) is 31.0 Å². The van der Waals surface area contributed by atoms with Crippen molar-refractivity contribution in [3.63, 3.8) is 0 Å². The largest absolute Gasteiger partial charge is 0.497 e. The minimum absolute atomic E-state index is 0.516. The van der Waals surface area contributed by atoms with Gasteiger partial charge in [0.15, 0.2) is 0 Å². The summed E-state index contributed by atoms with van der Waals surface area (Å²) in [7, 11) is 3.38. The van der Waals surface area contributed by atoms with Crippen molar-refractivity contribution in [2.75, 3.05) is 27.3 Å². The van der Waals surface area contributed by atoms with Crippen LogP contribution in [0.15, 0.2) is 18.2 Å². The lowest BCUT2D eigenvalue weighted by Gasteiger charge is -2.27. The van der Waals surface area contributed by atoms with E-state index in [0.29, 0.717) is 6.04 Å². The lowest BCUT2D eigenvalue weighted by Crippen LogP contribution is -2.34. The number of hydrogen-bond acceptors (Lipinski definition) is 3. The van der Waals surface area contributed by atoms with Gasteiger partial charge in [0.25, 0.3) is 0 Å². The number of hydrogen-bond donors (Lipinski definition) is 0. The average Bonchev–Trinajstić information content (AvgIpc) is 2.40. The van der Waals surface area contributed by atoms with Gasteiger partial charge in [0.2, 0.25) is 0 Å². The van der Waals surface area contributed by atoms with Crippen LogP contribution in [0, 0.1) is 0 Å². The summed E-state index contributed by atoms with van der Waals surface area (Å²) in [5.41, 5.74) is 1.23. The monoisotopic (exact) mass is 251 g/mol. The Hall–Kier alpha value is -1.22. The lowest BCUT2D eigenvalue weighted by molar-refractivity contribution is 0.229. The molecule has 0 bridgehead atoms. The van der Waals surface area contributed by atoms with E-state index in [-0.39, 0.29) is 0 Å². The summed E-state index contributed by atoms with van der Waals surface area (Å²) in [5, 5.41) is 0. The van der Waals surface area contributed by atoms with E-state index >= 15 is 0 Å². The number of likely N-dealkylation sites (N-methyl/N-ethyl adjacent to an activating group) is 1. The molecule has 0 aliphatic carbocycles. The summed E-state index contributed by atoms with van der Waals surface area (Å²) in [6, 6.07) is 6.55. The second kappa shape index (κ2) is 7.27. The molecule has 1 unspecified atom stereocenters. The summed E-state index contributed by atoms with van der Waals surface area (Å²) in [6.45, 7) is 8.82. The molecule has 0 aliphatic rings. The molecular weight excluding hydrogens is 226 g/mol. The standard InChI is InChI=1S/C15H25NO2/c1-6-16(7-2)12(3)10-13-8-9-14(17-4)11-15(13)18-5/h8-9,11-12H,6-7,10H2,1-5H3. The van der Waals surface area contributed by atoms with Crippen LogP contribution in [0.3, 0.4) is 0 Å². The number of rotatable bonds is 7. The van der Waals surface area contributed by atoms with E-state index in [9.17, 15) is 0 Å². The molecule has 18 heavy (non-hydrogen) atoms. The zero-order valence-corrected chi connectivity index (χ0v) is 12.2. The molecule has 0 saturated heterocycles. The van der Waals surface area contributed by atoms with Crippen molar-refractivity contribution in [3.8, 4) is 11.5 Å². The van der Waals surface area contributed by atoms with Crippen LogP contribution in [0.2, 0.25) is 0 Å². The van der Waals surface area contributed by atoms with Gasteiger partial charge in [-0.3, -0.25) is 0 Å². The quantitative estimate of drug-likeness (QED) is 0.743. The summed E-state index contributed by atoms with van der Waals surface area (Å²) < 4.78 is 10.7. The Bertz CT molecular complexity index is 362. The molecule has 0 heterocycles. The fraction of sp³-hybridized carbons (Fsp3) is 0.600. The third-order valence-corrected chi connectivity index (χ3v) is 3.45. The molecule has 0 saturated carbocycles. The molecule has 0 fully saturated rings. The molecule has 1 aromatic carbocycles. The Morgan fingerprint density at radius 2 is 1.78 bits per heavy atom. The van der Waals surface area contributed by atoms with Gasteiger partial charge in [-0.1, -0.05) is 19.9 Å². The van der Waals surface area contributed by atoms with E-state index in [1.54, 1.807) is 14.2 Å². The van der Waals surface area contributed by atoms with Crippen molar-refractivity contribution in [2.45, 2.75) is 33.2 Å². The highest BCUT2D eigenvalue weighted by atomic mass is 16.5. The molecule has 0 spiro atoms. The maximum absolute atomic E-state index is 5.44. The second-order valence-corrected chi connectivity index (χ2v) is 4.45. The Labute approximate surface area is 111 Å². The van der Waals surface area contributed by atoms with Crippen LogP contribution in [0.5, 0.6) is 11.5 Å². The molecule has 0 radical (unpaired) electrons. The Balaban J connectivity index is 2.83. The molecule has 1 rings (SSSR count). The van der Waals surface area contributed by atoms with Crippen molar-refractivity contribution in [1.82, 2.24) is 4.90 Å². The number of ether oxygens (including phenoxy) is 2. The Morgan fingerprint density at radius 1 is 1.11 bits per heavy atom. The third kappa shape index (κ3) is 3.64. The first kappa shape index (κ1) is 14.8. The van der Waals surface area contributed by atoms with Crippen LogP contribution < -0.4 is 9.47 Å². The SMILES string of the molecule is CCN(CC)C(C)Cc1ccc(OC)cc1OC. The Kier molecular flexibility index (Phi) is 5.99. The summed E-state index contributed by atoms with van der Waals surface area (Å²) in [5.74, 6) is 1.75. The van der Waals surface area contributed by atoms with Crippen LogP contribution in [-0.4, -0.2) is 38.3 Å². The number of methoxy groups -OCH3 is 2. The maximum atomic E-state index is 5.44. The van der Waals surface area contributed by atoms with Gasteiger partial charge in [0, 0.05) is 12.1 Å². The van der Waals surface area contributed by atoms with E-state index in [2.05, 4.69) is 31.7 Å². The Morgan fingerprint density at radius 3 is 2.28 bits per heavy atom. The fourth-order valence-corrected chi connectivity index (χ4v) is 2.31. The third-order valence-electron chi connectivity index (χ3n) is 3.45. The normalized spacial score (nSPS) is 12.6. The summed E-state index contributed by atoms with van der Waals surface area (Å²) in [6.07, 6.45) is 0.995. The molecule has 0 aliphatic heterocycles. The predicted molar refractivity (Wildman–Crippen MR) is 75.6 cm³/mol. The first-order valence-corrected chi connectivity index (χ1v) is 6.61. The highest BCUT2D eigenvalue weighted by molar-refractivity contribution is 5.41. The van der Waals surface area contributed by atoms with Crippen LogP contribution >= 0.6 is 0 Å². The number of nitrogens with zero attached hydrogens (tertiary/aromatic N) is 1. The first-order chi connectivity index (χ1) is 8.65. The van der Waals surface area contributed by atoms with Gasteiger partial charge in [0.05, 0.1) is 14.2 Å². The smallest absolute Gasteiger partial charge is 0.125 e. The molecule has 3 heteroatoms. The molecule has 0 N–H and O–H groups in total. The molecule has 102 valence electrons. The summed E-state index contributed by atoms with van der Waals surface area (Å²) >= 11 is 0. The van der Waals surface area contributed by atoms with Gasteiger partial charge in [0.1, 0.15) is 11.5 Å². The minimum atomic E-state index is 0.516. The zero-order chi connectivity index (χ0) is 13.5. The molecule has 1 atom stereocenters. The van der Waals surface area contributed by atoms with Crippen molar-refractivity contribution in [1.29, 1.82) is 0 Å². The van der Waals surface area contributed by atoms with Crippen LogP contribution in [0.4, 0.5) is 0 Å². The van der Waals surface area contributed by atoms with E-state index < -0.39 is 0 Å². The van der Waals surface area contributed by atoms with Gasteiger partial charge in [-0.15, -0.1) is 0 Å². The molecule has 1 aromatic rings. The average molecular weight is 251 g/mol. The van der Waals surface area contributed by atoms with Gasteiger partial charge >= 0.3 is 0 Å². The number of benzene rings is 1. The van der Waals surface area contributed by atoms with Gasteiger partial charge in [-0.05, 0) is 38.1 Å². The first-order valence-electron chi connectivity index (χ1n) is 6.61. The fourth-order valence-electron chi connectivity index (χ4n) is 2.31. The van der Waals surface area contributed by atoms with Crippen LogP contribution in [-0.2, 0) is 6.42 Å². The van der Waals surface area contributed by atoms with E-state index in [1.807, 2.05) is 12.1 Å². The van der Waals surface area contributed by atoms with Crippen LogP contribution in [0.25, 0.3) is 0 Å². The van der Waals surface area contributed by atoms with E-state index in [4.69, 9.17) is 9.47 Å². The maximum Gasteiger partial charge on any atom is 0.125 e.